The summed E-state index contributed by atoms with van der Waals surface area (Å²) in [4.78, 5) is 42.3. The second kappa shape index (κ2) is 19.1. The van der Waals surface area contributed by atoms with Crippen LogP contribution in [0.2, 0.25) is 0 Å². The smallest absolute Gasteiger partial charge is 0.254 e. The number of nitrogens with two attached hydrogens (primary N) is 1. The summed E-state index contributed by atoms with van der Waals surface area (Å²) >= 11 is 0. The molecule has 12 heteroatoms. The van der Waals surface area contributed by atoms with Crippen LogP contribution in [-0.4, -0.2) is 79.2 Å². The Hall–Kier alpha value is -6.14. The van der Waals surface area contributed by atoms with E-state index >= 15 is 0 Å². The number of ether oxygens (including phenoxy) is 1. The number of imide groups is 1. The summed E-state index contributed by atoms with van der Waals surface area (Å²) in [5, 5.41) is 10.7. The minimum atomic E-state index is -0.513. The van der Waals surface area contributed by atoms with E-state index in [0.29, 0.717) is 48.2 Å². The monoisotopic (exact) mass is 850 g/mol. The largest absolute Gasteiger partial charge is 0.457 e. The average molecular weight is 851 g/mol. The molecule has 330 valence electrons. The van der Waals surface area contributed by atoms with Crippen molar-refractivity contribution in [3.8, 4) is 22.8 Å². The molecule has 5 aromatic rings. The Morgan fingerprint density at radius 2 is 1.57 bits per heavy atom. The molecule has 12 nitrogen and oxygen atoms in total. The van der Waals surface area contributed by atoms with Crippen LogP contribution in [0.4, 0.5) is 22.9 Å². The second-order valence-electron chi connectivity index (χ2n) is 18.6. The van der Waals surface area contributed by atoms with Crippen molar-refractivity contribution in [2.24, 2.45) is 11.7 Å². The van der Waals surface area contributed by atoms with Gasteiger partial charge < -0.3 is 30.5 Å². The summed E-state index contributed by atoms with van der Waals surface area (Å²) in [5.74, 6) is 2.62. The number of aromatic nitrogens is 2. The molecule has 0 bridgehead atoms. The molecule has 1 aromatic heterocycles. The molecule has 0 aliphatic carbocycles. The van der Waals surface area contributed by atoms with E-state index in [4.69, 9.17) is 15.6 Å². The number of hydrogen-bond acceptors (Lipinski definition) is 9. The Morgan fingerprint density at radius 3 is 2.22 bits per heavy atom. The fraction of sp³-hybridized carbons (Fsp3) is 0.412. The molecule has 3 aliphatic heterocycles. The number of carbonyl (C=O) groups is 3. The Morgan fingerprint density at radius 1 is 0.889 bits per heavy atom. The lowest BCUT2D eigenvalue weighted by Crippen LogP contribution is -2.37. The molecule has 0 radical (unpaired) electrons. The molecule has 4 heterocycles. The summed E-state index contributed by atoms with van der Waals surface area (Å²) in [6.07, 6.45) is 7.51. The summed E-state index contributed by atoms with van der Waals surface area (Å²) in [7, 11) is 1.96. The lowest BCUT2D eigenvalue weighted by atomic mass is 9.87. The first-order valence-corrected chi connectivity index (χ1v) is 22.6. The summed E-state index contributed by atoms with van der Waals surface area (Å²) in [6.45, 7) is 13.3. The Kier molecular flexibility index (Phi) is 13.2. The van der Waals surface area contributed by atoms with Gasteiger partial charge in [0.1, 0.15) is 28.6 Å². The lowest BCUT2D eigenvalue weighted by molar-refractivity contribution is -0.125. The van der Waals surface area contributed by atoms with Crippen molar-refractivity contribution in [2.75, 3.05) is 61.4 Å². The molecule has 0 spiro atoms. The van der Waals surface area contributed by atoms with Gasteiger partial charge in [-0.2, -0.15) is 5.10 Å². The average Bonchev–Trinajstić information content (AvgIpc) is 3.56. The minimum Gasteiger partial charge on any atom is -0.457 e. The quantitative estimate of drug-likeness (QED) is 0.0938. The second-order valence-corrected chi connectivity index (χ2v) is 18.6. The Labute approximate surface area is 371 Å². The van der Waals surface area contributed by atoms with Gasteiger partial charge in [0.25, 0.3) is 5.91 Å². The number of rotatable bonds is 14. The maximum absolute atomic E-state index is 13.0. The zero-order valence-electron chi connectivity index (χ0n) is 37.2. The number of amides is 3. The number of hydrogen-bond donors (Lipinski definition) is 3. The first-order valence-electron chi connectivity index (χ1n) is 22.6. The molecule has 3 aliphatic rings. The van der Waals surface area contributed by atoms with E-state index in [1.807, 2.05) is 53.0 Å². The standard InChI is InChI=1S/C51H62N8O4/c1-51(2,3)40-8-16-44(17-9-40)63-43-14-5-37(6-15-43)48-47(49(52)62)50-54-45-18-7-38(33-39(45)24-32-59(50)55-48)36-22-28-57(29-23-36)27-19-35-20-30-58(31-21-35)42-12-10-41(11-13-42)56(4)26-25-46(61)53-34-60/h5-18,33-36,54H,19-32H2,1-4H3,(H2,52,62)(H,53,60,61). The fourth-order valence-corrected chi connectivity index (χ4v) is 9.37. The van der Waals surface area contributed by atoms with Gasteiger partial charge in [0, 0.05) is 62.3 Å². The van der Waals surface area contributed by atoms with Gasteiger partial charge in [-0.25, -0.2) is 4.68 Å². The third-order valence-electron chi connectivity index (χ3n) is 13.3. The van der Waals surface area contributed by atoms with E-state index in [2.05, 4.69) is 95.8 Å². The Bertz CT molecular complexity index is 2370. The van der Waals surface area contributed by atoms with Crippen LogP contribution in [0.3, 0.4) is 0 Å². The molecule has 4 N–H and O–H groups in total. The van der Waals surface area contributed by atoms with Crippen molar-refractivity contribution < 1.29 is 19.1 Å². The maximum Gasteiger partial charge on any atom is 0.254 e. The number of benzene rings is 4. The summed E-state index contributed by atoms with van der Waals surface area (Å²) in [5.41, 5.74) is 15.1. The van der Waals surface area contributed by atoms with Gasteiger partial charge >= 0.3 is 0 Å². The van der Waals surface area contributed by atoms with E-state index < -0.39 is 5.91 Å². The molecular formula is C51H62N8O4. The molecule has 0 saturated carbocycles. The number of primary amides is 1. The highest BCUT2D eigenvalue weighted by Gasteiger charge is 2.28. The molecule has 4 aromatic carbocycles. The van der Waals surface area contributed by atoms with Crippen molar-refractivity contribution in [3.63, 3.8) is 0 Å². The molecule has 0 atom stereocenters. The van der Waals surface area contributed by atoms with Crippen LogP contribution in [0.15, 0.2) is 91.0 Å². The minimum absolute atomic E-state index is 0.0730. The number of aryl methyl sites for hydroxylation is 2. The third-order valence-corrected chi connectivity index (χ3v) is 13.3. The number of nitrogens with one attached hydrogen (secondary N) is 2. The fourth-order valence-electron chi connectivity index (χ4n) is 9.37. The first kappa shape index (κ1) is 43.5. The van der Waals surface area contributed by atoms with Crippen LogP contribution in [0.25, 0.3) is 11.3 Å². The summed E-state index contributed by atoms with van der Waals surface area (Å²) in [6, 6.07) is 31.2. The number of likely N-dealkylation sites (tertiary alicyclic amines) is 1. The van der Waals surface area contributed by atoms with Crippen molar-refractivity contribution >= 4 is 41.1 Å². The highest BCUT2D eigenvalue weighted by molar-refractivity contribution is 6.04. The molecule has 3 amide bonds. The van der Waals surface area contributed by atoms with Gasteiger partial charge in [0.05, 0.1) is 0 Å². The van der Waals surface area contributed by atoms with Crippen molar-refractivity contribution in [2.45, 2.75) is 83.6 Å². The van der Waals surface area contributed by atoms with Crippen LogP contribution in [0.5, 0.6) is 11.5 Å². The van der Waals surface area contributed by atoms with Gasteiger partial charge in [0.2, 0.25) is 12.3 Å². The number of anilines is 4. The molecule has 63 heavy (non-hydrogen) atoms. The van der Waals surface area contributed by atoms with E-state index in [1.54, 1.807) is 0 Å². The lowest BCUT2D eigenvalue weighted by Gasteiger charge is -2.36. The molecule has 0 unspecified atom stereocenters. The SMILES string of the molecule is CN(CCC(=O)NC=O)c1ccc(N2CCC(CCN3CCC(c4ccc5c(c4)CCn4nc(-c6ccc(Oc7ccc(C(C)(C)C)cc7)cc6)c(C(N)=O)c4N5)CC3)CC2)cc1. The summed E-state index contributed by atoms with van der Waals surface area (Å²) < 4.78 is 8.02. The highest BCUT2D eigenvalue weighted by atomic mass is 16.5. The molecular weight excluding hydrogens is 789 g/mol. The van der Waals surface area contributed by atoms with Crippen molar-refractivity contribution in [1.82, 2.24) is 20.0 Å². The van der Waals surface area contributed by atoms with Crippen LogP contribution >= 0.6 is 0 Å². The van der Waals surface area contributed by atoms with E-state index in [0.717, 1.165) is 80.6 Å². The number of fused-ring (bicyclic) bond motifs is 2. The van der Waals surface area contributed by atoms with Gasteiger partial charge in [-0.05, 0) is 159 Å². The molecule has 2 fully saturated rings. The number of nitrogens with zero attached hydrogens (tertiary/aromatic N) is 5. The predicted molar refractivity (Wildman–Crippen MR) is 251 cm³/mol. The van der Waals surface area contributed by atoms with Crippen LogP contribution in [-0.2, 0) is 28.0 Å². The van der Waals surface area contributed by atoms with Gasteiger partial charge in [-0.1, -0.05) is 45.0 Å². The van der Waals surface area contributed by atoms with Gasteiger partial charge in [-0.15, -0.1) is 0 Å². The van der Waals surface area contributed by atoms with E-state index in [1.165, 1.54) is 41.6 Å². The highest BCUT2D eigenvalue weighted by Crippen LogP contribution is 2.38. The van der Waals surface area contributed by atoms with E-state index in [-0.39, 0.29) is 17.7 Å². The predicted octanol–water partition coefficient (Wildman–Crippen LogP) is 8.62. The molecule has 2 saturated heterocycles. The Balaban J connectivity index is 0.807. The zero-order chi connectivity index (χ0) is 44.1. The van der Waals surface area contributed by atoms with Crippen LogP contribution in [0, 0.1) is 5.92 Å². The number of piperidine rings is 2. The van der Waals surface area contributed by atoms with Crippen molar-refractivity contribution in [1.29, 1.82) is 0 Å². The third kappa shape index (κ3) is 10.4. The topological polar surface area (TPSA) is 138 Å². The first-order chi connectivity index (χ1) is 30.4. The maximum atomic E-state index is 13.0. The van der Waals surface area contributed by atoms with Gasteiger partial charge in [-0.3, -0.25) is 19.7 Å². The zero-order valence-corrected chi connectivity index (χ0v) is 37.2. The normalized spacial score (nSPS) is 16.0. The van der Waals surface area contributed by atoms with Crippen LogP contribution < -0.4 is 30.9 Å². The van der Waals surface area contributed by atoms with E-state index in [9.17, 15) is 14.4 Å². The molecule has 8 rings (SSSR count). The van der Waals surface area contributed by atoms with Gasteiger partial charge in [0.15, 0.2) is 0 Å². The number of carbonyl (C=O) groups excluding carboxylic acids is 3. The van der Waals surface area contributed by atoms with Crippen LogP contribution in [0.1, 0.15) is 92.3 Å². The van der Waals surface area contributed by atoms with Crippen molar-refractivity contribution in [3.05, 3.63) is 113 Å².